The van der Waals surface area contributed by atoms with Gasteiger partial charge < -0.3 is 4.90 Å². The molecule has 1 aliphatic heterocycles. The Morgan fingerprint density at radius 1 is 0.824 bits per heavy atom. The van der Waals surface area contributed by atoms with Crippen molar-refractivity contribution in [2.45, 2.75) is 26.2 Å². The van der Waals surface area contributed by atoms with Crippen LogP contribution >= 0.6 is 0 Å². The minimum atomic E-state index is -1.08. The predicted octanol–water partition coefficient (Wildman–Crippen LogP) is 4.88. The third-order valence-corrected chi connectivity index (χ3v) is 7.54. The number of hydrogen-bond donors (Lipinski definition) is 0. The number of anilines is 1. The minimum absolute atomic E-state index is 0.00415. The average Bonchev–Trinajstić information content (AvgIpc) is 3.47. The van der Waals surface area contributed by atoms with Crippen molar-refractivity contribution >= 4 is 23.2 Å². The molecule has 2 unspecified atom stereocenters. The Kier molecular flexibility index (Phi) is 5.35. The predicted molar refractivity (Wildman–Crippen MR) is 135 cm³/mol. The smallest absolute Gasteiger partial charge is 0.261 e. The maximum Gasteiger partial charge on any atom is 0.261 e. The molecule has 3 aromatic rings. The Hall–Kier alpha value is -3.73. The van der Waals surface area contributed by atoms with Crippen molar-refractivity contribution in [3.05, 3.63) is 102 Å². The van der Waals surface area contributed by atoms with E-state index in [1.54, 1.807) is 0 Å². The van der Waals surface area contributed by atoms with Crippen molar-refractivity contribution in [2.75, 3.05) is 18.1 Å². The number of hydrazone groups is 1. The van der Waals surface area contributed by atoms with E-state index in [1.165, 1.54) is 5.01 Å². The molecule has 1 aliphatic carbocycles. The number of amides is 2. The molecule has 1 heterocycles. The van der Waals surface area contributed by atoms with Crippen LogP contribution in [-0.2, 0) is 15.0 Å². The summed E-state index contributed by atoms with van der Waals surface area (Å²) in [5, 5.41) is 6.27. The molecule has 1 spiro atoms. The Morgan fingerprint density at radius 2 is 1.29 bits per heavy atom. The topological polar surface area (TPSA) is 53.0 Å². The van der Waals surface area contributed by atoms with Crippen molar-refractivity contribution in [3.8, 4) is 0 Å². The zero-order chi connectivity index (χ0) is 23.9. The number of carbonyl (C=O) groups is 2. The molecular weight excluding hydrogens is 422 g/mol. The van der Waals surface area contributed by atoms with Gasteiger partial charge in [-0.1, -0.05) is 78.9 Å². The van der Waals surface area contributed by atoms with E-state index in [-0.39, 0.29) is 11.8 Å². The highest BCUT2D eigenvalue weighted by Crippen LogP contribution is 2.75. The molecule has 1 saturated carbocycles. The summed E-state index contributed by atoms with van der Waals surface area (Å²) in [5.41, 5.74) is 1.41. The molecule has 0 N–H and O–H groups in total. The van der Waals surface area contributed by atoms with Gasteiger partial charge in [-0.05, 0) is 44.0 Å². The van der Waals surface area contributed by atoms with Gasteiger partial charge in [-0.3, -0.25) is 9.59 Å². The maximum atomic E-state index is 14.4. The first-order valence-corrected chi connectivity index (χ1v) is 11.9. The van der Waals surface area contributed by atoms with Gasteiger partial charge in [0, 0.05) is 13.1 Å². The van der Waals surface area contributed by atoms with Crippen molar-refractivity contribution < 1.29 is 9.59 Å². The zero-order valence-electron chi connectivity index (χ0n) is 19.8. The second-order valence-electron chi connectivity index (χ2n) is 8.93. The summed E-state index contributed by atoms with van der Waals surface area (Å²) in [5.74, 6) is -0.723. The Balaban J connectivity index is 1.78. The molecule has 1 fully saturated rings. The zero-order valence-corrected chi connectivity index (χ0v) is 19.8. The van der Waals surface area contributed by atoms with Gasteiger partial charge in [0.05, 0.1) is 22.7 Å². The molecular formula is C29H29N3O2. The lowest BCUT2D eigenvalue weighted by atomic mass is 9.78. The van der Waals surface area contributed by atoms with Crippen LogP contribution in [0.15, 0.2) is 96.1 Å². The van der Waals surface area contributed by atoms with Gasteiger partial charge >= 0.3 is 0 Å². The lowest BCUT2D eigenvalue weighted by Gasteiger charge is -2.24. The van der Waals surface area contributed by atoms with Gasteiger partial charge in [-0.25, -0.2) is 0 Å². The van der Waals surface area contributed by atoms with E-state index in [9.17, 15) is 9.59 Å². The first-order valence-electron chi connectivity index (χ1n) is 11.9. The third-order valence-electron chi connectivity index (χ3n) is 7.54. The molecule has 0 aromatic heterocycles. The number of benzene rings is 3. The van der Waals surface area contributed by atoms with Crippen LogP contribution in [0.2, 0.25) is 0 Å². The highest BCUT2D eigenvalue weighted by Gasteiger charge is 2.87. The van der Waals surface area contributed by atoms with E-state index in [4.69, 9.17) is 5.10 Å². The van der Waals surface area contributed by atoms with Gasteiger partial charge in [-0.2, -0.15) is 10.1 Å². The first-order chi connectivity index (χ1) is 16.5. The molecule has 2 atom stereocenters. The molecule has 0 bridgehead atoms. The lowest BCUT2D eigenvalue weighted by Crippen LogP contribution is -2.37. The van der Waals surface area contributed by atoms with E-state index >= 15 is 0 Å². The van der Waals surface area contributed by atoms with Crippen LogP contribution in [-0.4, -0.2) is 35.5 Å². The summed E-state index contributed by atoms with van der Waals surface area (Å²) in [6.07, 6.45) is 0. The van der Waals surface area contributed by atoms with Crippen molar-refractivity contribution in [2.24, 2.45) is 16.4 Å². The molecule has 3 aromatic carbocycles. The molecule has 5 heteroatoms. The van der Waals surface area contributed by atoms with E-state index in [0.29, 0.717) is 24.5 Å². The normalized spacial score (nSPS) is 22.6. The molecule has 172 valence electrons. The second-order valence-corrected chi connectivity index (χ2v) is 8.93. The lowest BCUT2D eigenvalue weighted by molar-refractivity contribution is -0.134. The summed E-state index contributed by atoms with van der Waals surface area (Å²) in [4.78, 5) is 30.4. The fourth-order valence-corrected chi connectivity index (χ4v) is 6.05. The average molecular weight is 452 g/mol. The summed E-state index contributed by atoms with van der Waals surface area (Å²) in [7, 11) is 0. The Morgan fingerprint density at radius 3 is 1.76 bits per heavy atom. The fraction of sp³-hybridized carbons (Fsp3) is 0.276. The fourth-order valence-electron chi connectivity index (χ4n) is 6.05. The van der Waals surface area contributed by atoms with E-state index < -0.39 is 16.7 Å². The molecule has 5 rings (SSSR count). The van der Waals surface area contributed by atoms with E-state index in [2.05, 4.69) is 0 Å². The first kappa shape index (κ1) is 22.1. The summed E-state index contributed by atoms with van der Waals surface area (Å²) >= 11 is 0. The summed E-state index contributed by atoms with van der Waals surface area (Å²) < 4.78 is 0. The molecule has 5 nitrogen and oxygen atoms in total. The molecule has 0 saturated heterocycles. The molecule has 2 amide bonds. The second kappa shape index (κ2) is 8.24. The maximum absolute atomic E-state index is 14.4. The molecule has 2 aliphatic rings. The number of nitrogens with zero attached hydrogens (tertiary/aromatic N) is 3. The summed E-state index contributed by atoms with van der Waals surface area (Å²) in [6, 6.07) is 29.5. The van der Waals surface area contributed by atoms with Crippen molar-refractivity contribution in [3.63, 3.8) is 0 Å². The van der Waals surface area contributed by atoms with Crippen LogP contribution < -0.4 is 5.01 Å². The van der Waals surface area contributed by atoms with Gasteiger partial charge in [0.1, 0.15) is 5.41 Å². The van der Waals surface area contributed by atoms with Crippen LogP contribution in [0.4, 0.5) is 5.69 Å². The van der Waals surface area contributed by atoms with E-state index in [0.717, 1.165) is 11.1 Å². The molecule has 0 radical (unpaired) electrons. The van der Waals surface area contributed by atoms with Gasteiger partial charge in [-0.15, -0.1) is 0 Å². The van der Waals surface area contributed by atoms with Crippen LogP contribution in [0.1, 0.15) is 31.9 Å². The highest BCUT2D eigenvalue weighted by molar-refractivity contribution is 6.27. The Labute approximate surface area is 200 Å². The largest absolute Gasteiger partial charge is 0.343 e. The standard InChI is InChI=1S/C29H29N3O2/c1-4-31(5-2)26(33)25-28(21(3)30-32(27(28)34)24-19-13-8-14-20-24)29(25,22-15-9-6-10-16-22)23-17-11-7-12-18-23/h6-20,25H,4-5H2,1-3H3. The number of rotatable bonds is 6. The molecule has 34 heavy (non-hydrogen) atoms. The van der Waals surface area contributed by atoms with Gasteiger partial charge in [0.2, 0.25) is 5.91 Å². The number of hydrogen-bond acceptors (Lipinski definition) is 3. The summed E-state index contributed by atoms with van der Waals surface area (Å²) in [6.45, 7) is 7.05. The quantitative estimate of drug-likeness (QED) is 0.536. The number of para-hydroxylation sites is 1. The van der Waals surface area contributed by atoms with Crippen LogP contribution in [0.25, 0.3) is 0 Å². The van der Waals surface area contributed by atoms with Gasteiger partial charge in [0.15, 0.2) is 0 Å². The number of carbonyl (C=O) groups excluding carboxylic acids is 2. The van der Waals surface area contributed by atoms with Crippen LogP contribution in [0, 0.1) is 11.3 Å². The van der Waals surface area contributed by atoms with E-state index in [1.807, 2.05) is 117 Å². The SMILES string of the molecule is CCN(CC)C(=O)C1C2(C(=O)N(c3ccccc3)N=C2C)C1(c1ccccc1)c1ccccc1. The van der Waals surface area contributed by atoms with Crippen molar-refractivity contribution in [1.29, 1.82) is 0 Å². The highest BCUT2D eigenvalue weighted by atomic mass is 16.2. The Bertz CT molecular complexity index is 1200. The van der Waals surface area contributed by atoms with Crippen LogP contribution in [0.3, 0.4) is 0 Å². The minimum Gasteiger partial charge on any atom is -0.343 e. The van der Waals surface area contributed by atoms with Crippen molar-refractivity contribution in [1.82, 2.24) is 4.90 Å². The third kappa shape index (κ3) is 2.76. The van der Waals surface area contributed by atoms with Gasteiger partial charge in [0.25, 0.3) is 5.91 Å². The van der Waals surface area contributed by atoms with Crippen LogP contribution in [0.5, 0.6) is 0 Å². The monoisotopic (exact) mass is 451 g/mol.